The van der Waals surface area contributed by atoms with Crippen LogP contribution < -0.4 is 0 Å². The fourth-order valence-electron chi connectivity index (χ4n) is 3.13. The van der Waals surface area contributed by atoms with E-state index in [0.717, 1.165) is 0 Å². The second-order valence-corrected chi connectivity index (χ2v) is 8.20. The molecule has 1 heterocycles. The molecule has 27 heavy (non-hydrogen) atoms. The number of hydrogen-bond acceptors (Lipinski definition) is 6. The first kappa shape index (κ1) is 23.2. The quantitative estimate of drug-likeness (QED) is 0.670. The number of rotatable bonds is 7. The van der Waals surface area contributed by atoms with Crippen LogP contribution in [0.2, 0.25) is 0 Å². The molecular weight excluding hydrogens is 352 g/mol. The van der Waals surface area contributed by atoms with Crippen molar-refractivity contribution in [3.05, 3.63) is 0 Å². The summed E-state index contributed by atoms with van der Waals surface area (Å²) in [5.74, 6) is -0.613. The largest absolute Gasteiger partial charge is 0.466 e. The summed E-state index contributed by atoms with van der Waals surface area (Å²) in [6, 6.07) is -1.34. The van der Waals surface area contributed by atoms with Crippen molar-refractivity contribution < 1.29 is 29.0 Å². The third kappa shape index (κ3) is 7.01. The lowest BCUT2D eigenvalue weighted by Crippen LogP contribution is -2.62. The third-order valence-corrected chi connectivity index (χ3v) is 4.21. The van der Waals surface area contributed by atoms with Crippen LogP contribution in [0.15, 0.2) is 0 Å². The molecule has 0 bridgehead atoms. The second kappa shape index (κ2) is 9.92. The van der Waals surface area contributed by atoms with E-state index in [1.54, 1.807) is 32.6 Å². The Bertz CT molecular complexity index is 529. The summed E-state index contributed by atoms with van der Waals surface area (Å²) in [6.07, 6.45) is -0.225. The summed E-state index contributed by atoms with van der Waals surface area (Å²) in [5.41, 5.74) is -0.711. The summed E-state index contributed by atoms with van der Waals surface area (Å²) in [4.78, 5) is 40.5. The minimum atomic E-state index is -0.992. The van der Waals surface area contributed by atoms with E-state index in [4.69, 9.17) is 9.47 Å². The number of carbonyl (C=O) groups is 3. The maximum Gasteiger partial charge on any atom is 0.411 e. The van der Waals surface area contributed by atoms with Crippen molar-refractivity contribution in [2.24, 2.45) is 5.92 Å². The number of hydrogen-bond donors (Lipinski definition) is 1. The van der Waals surface area contributed by atoms with Crippen molar-refractivity contribution in [3.63, 3.8) is 0 Å². The molecule has 1 rings (SSSR count). The van der Waals surface area contributed by atoms with Gasteiger partial charge in [-0.05, 0) is 40.0 Å². The first-order valence-corrected chi connectivity index (χ1v) is 9.56. The molecule has 0 saturated carbocycles. The van der Waals surface area contributed by atoms with Crippen LogP contribution in [0.3, 0.4) is 0 Å². The Morgan fingerprint density at radius 1 is 1.26 bits per heavy atom. The summed E-state index contributed by atoms with van der Waals surface area (Å²) in [6.45, 7) is 11.5. The van der Waals surface area contributed by atoms with Gasteiger partial charge < -0.3 is 19.5 Å². The number of esters is 1. The summed E-state index contributed by atoms with van der Waals surface area (Å²) < 4.78 is 10.4. The molecule has 1 fully saturated rings. The number of aliphatic hydroxyl groups excluding tert-OH is 1. The Balaban J connectivity index is 3.05. The summed E-state index contributed by atoms with van der Waals surface area (Å²) >= 11 is 0. The fraction of sp³-hybridized carbons (Fsp3) is 0.842. The van der Waals surface area contributed by atoms with E-state index in [1.165, 1.54) is 4.90 Å². The van der Waals surface area contributed by atoms with Crippen molar-refractivity contribution in [2.45, 2.75) is 72.1 Å². The summed E-state index contributed by atoms with van der Waals surface area (Å²) in [7, 11) is 0. The monoisotopic (exact) mass is 386 g/mol. The van der Waals surface area contributed by atoms with Gasteiger partial charge in [-0.1, -0.05) is 13.8 Å². The Hall–Kier alpha value is -1.83. The topological polar surface area (TPSA) is 96.4 Å². The van der Waals surface area contributed by atoms with E-state index in [1.807, 2.05) is 13.8 Å². The molecule has 0 aromatic carbocycles. The molecule has 0 aliphatic carbocycles. The highest BCUT2D eigenvalue weighted by atomic mass is 16.6. The molecule has 8 heteroatoms. The molecule has 156 valence electrons. The van der Waals surface area contributed by atoms with Crippen LogP contribution in [0, 0.1) is 5.92 Å². The maximum absolute atomic E-state index is 13.1. The van der Waals surface area contributed by atoms with Crippen LogP contribution in [0.4, 0.5) is 4.79 Å². The van der Waals surface area contributed by atoms with Crippen LogP contribution in [0.5, 0.6) is 0 Å². The molecule has 2 atom stereocenters. The van der Waals surface area contributed by atoms with Gasteiger partial charge in [-0.3, -0.25) is 14.5 Å². The second-order valence-electron chi connectivity index (χ2n) is 8.20. The van der Waals surface area contributed by atoms with Gasteiger partial charge in [0.25, 0.3) is 0 Å². The molecule has 0 unspecified atom stereocenters. The molecule has 1 aliphatic heterocycles. The van der Waals surface area contributed by atoms with E-state index in [0.29, 0.717) is 12.3 Å². The van der Waals surface area contributed by atoms with Gasteiger partial charge in [-0.15, -0.1) is 0 Å². The van der Waals surface area contributed by atoms with Crippen molar-refractivity contribution >= 4 is 18.0 Å². The smallest absolute Gasteiger partial charge is 0.411 e. The molecule has 1 saturated heterocycles. The molecule has 0 spiro atoms. The van der Waals surface area contributed by atoms with Crippen LogP contribution in [0.25, 0.3) is 0 Å². The molecule has 0 aromatic rings. The molecular formula is C19H34N2O6. The zero-order chi connectivity index (χ0) is 20.8. The first-order valence-electron chi connectivity index (χ1n) is 9.56. The molecule has 0 radical (unpaired) electrons. The van der Waals surface area contributed by atoms with Gasteiger partial charge >= 0.3 is 12.1 Å². The van der Waals surface area contributed by atoms with Gasteiger partial charge in [0.2, 0.25) is 5.91 Å². The van der Waals surface area contributed by atoms with Crippen molar-refractivity contribution in [1.29, 1.82) is 0 Å². The lowest BCUT2D eigenvalue weighted by Gasteiger charge is -2.43. The number of piperazine rings is 1. The molecule has 8 nitrogen and oxygen atoms in total. The number of carbonyl (C=O) groups excluding carboxylic acids is 3. The fourth-order valence-corrected chi connectivity index (χ4v) is 3.13. The Kier molecular flexibility index (Phi) is 8.53. The highest BCUT2D eigenvalue weighted by Crippen LogP contribution is 2.23. The average molecular weight is 386 g/mol. The standard InChI is InChI=1S/C19H34N2O6/c1-7-26-16(23)11-15-17(24)20(14(12-22)10-13(2)3)8-9-21(15)18(25)27-19(4,5)6/h13-15,22H,7-12H2,1-6H3/t14-,15+/m1/s1. The van der Waals surface area contributed by atoms with Gasteiger partial charge in [-0.25, -0.2) is 4.79 Å². The lowest BCUT2D eigenvalue weighted by molar-refractivity contribution is -0.154. The molecule has 1 N–H and O–H groups in total. The lowest BCUT2D eigenvalue weighted by atomic mass is 9.99. The number of amides is 2. The minimum Gasteiger partial charge on any atom is -0.466 e. The normalized spacial score (nSPS) is 19.3. The van der Waals surface area contributed by atoms with Gasteiger partial charge in [-0.2, -0.15) is 0 Å². The van der Waals surface area contributed by atoms with Gasteiger partial charge in [0.1, 0.15) is 11.6 Å². The van der Waals surface area contributed by atoms with Crippen LogP contribution in [-0.4, -0.2) is 76.9 Å². The third-order valence-electron chi connectivity index (χ3n) is 4.21. The predicted octanol–water partition coefficient (Wildman–Crippen LogP) is 1.79. The van der Waals surface area contributed by atoms with E-state index >= 15 is 0 Å². The van der Waals surface area contributed by atoms with Crippen LogP contribution >= 0.6 is 0 Å². The van der Waals surface area contributed by atoms with Gasteiger partial charge in [0, 0.05) is 13.1 Å². The van der Waals surface area contributed by atoms with Crippen molar-refractivity contribution in [1.82, 2.24) is 9.80 Å². The van der Waals surface area contributed by atoms with E-state index in [-0.39, 0.29) is 44.7 Å². The summed E-state index contributed by atoms with van der Waals surface area (Å²) in [5, 5.41) is 9.73. The van der Waals surface area contributed by atoms with E-state index < -0.39 is 23.7 Å². The Morgan fingerprint density at radius 3 is 2.37 bits per heavy atom. The minimum absolute atomic E-state index is 0.164. The highest BCUT2D eigenvalue weighted by molar-refractivity contribution is 5.90. The molecule has 0 aromatic heterocycles. The number of aliphatic hydroxyl groups is 1. The number of ether oxygens (including phenoxy) is 2. The Morgan fingerprint density at radius 2 is 1.89 bits per heavy atom. The van der Waals surface area contributed by atoms with Gasteiger partial charge in [0.05, 0.1) is 25.7 Å². The maximum atomic E-state index is 13.1. The zero-order valence-corrected chi connectivity index (χ0v) is 17.4. The van der Waals surface area contributed by atoms with Gasteiger partial charge in [0.15, 0.2) is 0 Å². The van der Waals surface area contributed by atoms with Crippen LogP contribution in [-0.2, 0) is 19.1 Å². The Labute approximate surface area is 161 Å². The van der Waals surface area contributed by atoms with E-state index in [2.05, 4.69) is 0 Å². The number of nitrogens with zero attached hydrogens (tertiary/aromatic N) is 2. The zero-order valence-electron chi connectivity index (χ0n) is 17.4. The van der Waals surface area contributed by atoms with E-state index in [9.17, 15) is 19.5 Å². The van der Waals surface area contributed by atoms with Crippen LogP contribution in [0.1, 0.15) is 54.4 Å². The first-order chi connectivity index (χ1) is 12.5. The van der Waals surface area contributed by atoms with Crippen molar-refractivity contribution in [2.75, 3.05) is 26.3 Å². The molecule has 1 aliphatic rings. The predicted molar refractivity (Wildman–Crippen MR) is 100 cm³/mol. The SMILES string of the molecule is CCOC(=O)C[C@H]1C(=O)N([C@@H](CO)CC(C)C)CCN1C(=O)OC(C)(C)C. The van der Waals surface area contributed by atoms with Crippen molar-refractivity contribution in [3.8, 4) is 0 Å². The molecule has 2 amide bonds. The average Bonchev–Trinajstić information content (AvgIpc) is 2.53. The highest BCUT2D eigenvalue weighted by Gasteiger charge is 2.42.